The smallest absolute Gasteiger partial charge is 0.306 e. The molecule has 4 fully saturated rings. The quantitative estimate of drug-likeness (QED) is 0.134. The molecule has 6 rings (SSSR count). The van der Waals surface area contributed by atoms with Gasteiger partial charge < -0.3 is 24.3 Å². The number of nitrogens with two attached hydrogens (primary N) is 1. The van der Waals surface area contributed by atoms with Crippen LogP contribution in [0.4, 0.5) is 0 Å². The third-order valence-corrected chi connectivity index (χ3v) is 12.1. The van der Waals surface area contributed by atoms with E-state index in [4.69, 9.17) is 29.5 Å². The Labute approximate surface area is 353 Å². The van der Waals surface area contributed by atoms with E-state index in [0.717, 1.165) is 72.3 Å². The number of rotatable bonds is 19. The molecule has 0 saturated heterocycles. The number of primary amides is 1. The Morgan fingerprint density at radius 2 is 1.08 bits per heavy atom. The highest BCUT2D eigenvalue weighted by molar-refractivity contribution is 5.74. The first kappa shape index (κ1) is 46.4. The molecule has 11 nitrogen and oxygen atoms in total. The number of nitriles is 1. The van der Waals surface area contributed by atoms with E-state index >= 15 is 0 Å². The molecule has 0 radical (unpaired) electrons. The van der Waals surface area contributed by atoms with Gasteiger partial charge in [-0.2, -0.15) is 5.26 Å². The summed E-state index contributed by atoms with van der Waals surface area (Å²) < 4.78 is 22.9. The maximum absolute atomic E-state index is 12.5. The monoisotopic (exact) mass is 819 g/mol. The van der Waals surface area contributed by atoms with Crippen molar-refractivity contribution in [2.75, 3.05) is 0 Å². The SMILES string of the molecule is CC(C)CC1CC(c2onc([C@@H](CCC#N)CC(=O)OC(C)(C)C)c2C2CC2)C1.CC(C)CC1CC(c2onc([C@@H](CCC(N)=O)CC(=O)OC(C)(C)C)c2C2CC2)C1. The van der Waals surface area contributed by atoms with Crippen LogP contribution in [-0.2, 0) is 23.9 Å². The summed E-state index contributed by atoms with van der Waals surface area (Å²) in [7, 11) is 0. The summed E-state index contributed by atoms with van der Waals surface area (Å²) in [5.41, 5.74) is 8.58. The number of aromatic nitrogens is 2. The summed E-state index contributed by atoms with van der Waals surface area (Å²) in [6, 6.07) is 2.22. The first-order valence-electron chi connectivity index (χ1n) is 22.8. The molecule has 0 bridgehead atoms. The molecule has 2 N–H and O–H groups in total. The van der Waals surface area contributed by atoms with Crippen molar-refractivity contribution in [1.29, 1.82) is 5.26 Å². The number of amides is 1. The Bertz CT molecular complexity index is 1750. The molecule has 328 valence electrons. The van der Waals surface area contributed by atoms with Gasteiger partial charge in [-0.15, -0.1) is 0 Å². The maximum Gasteiger partial charge on any atom is 0.306 e. The minimum absolute atomic E-state index is 0.107. The summed E-state index contributed by atoms with van der Waals surface area (Å²) in [4.78, 5) is 36.5. The lowest BCUT2D eigenvalue weighted by molar-refractivity contribution is -0.156. The Morgan fingerprint density at radius 1 is 0.695 bits per heavy atom. The average molecular weight is 819 g/mol. The summed E-state index contributed by atoms with van der Waals surface area (Å²) in [5.74, 6) is 5.81. The third kappa shape index (κ3) is 13.9. The van der Waals surface area contributed by atoms with E-state index in [1.807, 2.05) is 41.5 Å². The molecule has 0 aliphatic heterocycles. The average Bonchev–Trinajstić information content (AvgIpc) is 4.01. The molecule has 11 heteroatoms. The summed E-state index contributed by atoms with van der Waals surface area (Å²) >= 11 is 0. The van der Waals surface area contributed by atoms with Gasteiger partial charge in [-0.1, -0.05) is 38.0 Å². The molecular formula is C48H74N4O7. The lowest BCUT2D eigenvalue weighted by Gasteiger charge is -2.35. The largest absolute Gasteiger partial charge is 0.460 e. The second-order valence-corrected chi connectivity index (χ2v) is 21.2. The van der Waals surface area contributed by atoms with Crippen LogP contribution in [0.5, 0.6) is 0 Å². The van der Waals surface area contributed by atoms with Gasteiger partial charge in [0.25, 0.3) is 0 Å². The van der Waals surface area contributed by atoms with Crippen LogP contribution in [0.2, 0.25) is 0 Å². The number of hydrogen-bond donors (Lipinski definition) is 1. The van der Waals surface area contributed by atoms with Crippen molar-refractivity contribution in [2.24, 2.45) is 29.4 Å². The van der Waals surface area contributed by atoms with Gasteiger partial charge in [-0.25, -0.2) is 0 Å². The molecule has 2 aromatic heterocycles. The standard InChI is InChI=1S/C24H38N2O4.C24H36N2O3/c1-14(2)10-15-11-18(12-15)23-21(16-6-7-16)22(26-30-23)17(8-9-19(25)27)13-20(28)29-24(3,4)5;1-15(2)11-16-12-19(13-16)23-21(17-8-9-17)22(26-29-23)18(7-6-10-25)14-20(27)28-24(3,4)5/h14-18H,6-13H2,1-5H3,(H2,25,27);15-19H,6-9,11-14H2,1-5H3/t15?,17-,18?;16?,18-,19?/m00/s1. The number of carbonyl (C=O) groups is 3. The molecule has 59 heavy (non-hydrogen) atoms. The lowest BCUT2D eigenvalue weighted by atomic mass is 9.69. The number of carbonyl (C=O) groups excluding carboxylic acids is 3. The van der Waals surface area contributed by atoms with Gasteiger partial charge in [0.2, 0.25) is 5.91 Å². The Balaban J connectivity index is 0.000000224. The fourth-order valence-electron chi connectivity index (χ4n) is 9.40. The van der Waals surface area contributed by atoms with Crippen LogP contribution < -0.4 is 5.73 Å². The number of nitrogens with zero attached hydrogens (tertiary/aromatic N) is 3. The highest BCUT2D eigenvalue weighted by atomic mass is 16.6. The van der Waals surface area contributed by atoms with E-state index in [1.54, 1.807) is 0 Å². The second-order valence-electron chi connectivity index (χ2n) is 21.2. The predicted octanol–water partition coefficient (Wildman–Crippen LogP) is 11.4. The van der Waals surface area contributed by atoms with E-state index in [2.05, 4.69) is 44.1 Å². The molecular weight excluding hydrogens is 745 g/mol. The maximum atomic E-state index is 12.5. The molecule has 2 atom stereocenters. The molecule has 0 spiro atoms. The summed E-state index contributed by atoms with van der Waals surface area (Å²) in [6.07, 6.45) is 14.0. The van der Waals surface area contributed by atoms with Gasteiger partial charge >= 0.3 is 11.9 Å². The zero-order chi connectivity index (χ0) is 43.2. The van der Waals surface area contributed by atoms with Gasteiger partial charge in [0, 0.05) is 47.6 Å². The van der Waals surface area contributed by atoms with Gasteiger partial charge in [-0.05, 0) is 154 Å². The topological polar surface area (TPSA) is 172 Å². The number of ether oxygens (including phenoxy) is 2. The lowest BCUT2D eigenvalue weighted by Crippen LogP contribution is -2.26. The number of esters is 2. The first-order valence-corrected chi connectivity index (χ1v) is 22.8. The van der Waals surface area contributed by atoms with E-state index in [1.165, 1.54) is 49.7 Å². The highest BCUT2D eigenvalue weighted by Gasteiger charge is 2.43. The fourth-order valence-corrected chi connectivity index (χ4v) is 9.40. The Morgan fingerprint density at radius 3 is 1.41 bits per heavy atom. The molecule has 0 aromatic carbocycles. The minimum atomic E-state index is -0.545. The van der Waals surface area contributed by atoms with Crippen LogP contribution in [0.15, 0.2) is 9.05 Å². The van der Waals surface area contributed by atoms with E-state index in [9.17, 15) is 14.4 Å². The van der Waals surface area contributed by atoms with Crippen molar-refractivity contribution >= 4 is 17.8 Å². The Hall–Kier alpha value is -3.68. The molecule has 4 saturated carbocycles. The van der Waals surface area contributed by atoms with Crippen molar-refractivity contribution in [1.82, 2.24) is 10.3 Å². The Kier molecular flexibility index (Phi) is 15.6. The van der Waals surface area contributed by atoms with Crippen molar-refractivity contribution in [2.45, 2.75) is 219 Å². The predicted molar refractivity (Wildman–Crippen MR) is 226 cm³/mol. The van der Waals surface area contributed by atoms with Crippen LogP contribution in [0, 0.1) is 35.0 Å². The van der Waals surface area contributed by atoms with Crippen molar-refractivity contribution in [3.8, 4) is 6.07 Å². The van der Waals surface area contributed by atoms with Gasteiger partial charge in [0.15, 0.2) is 0 Å². The van der Waals surface area contributed by atoms with Crippen LogP contribution in [0.25, 0.3) is 0 Å². The molecule has 4 aliphatic carbocycles. The zero-order valence-electron chi connectivity index (χ0n) is 37.9. The highest BCUT2D eigenvalue weighted by Crippen LogP contribution is 2.54. The van der Waals surface area contributed by atoms with Crippen LogP contribution in [0.3, 0.4) is 0 Å². The van der Waals surface area contributed by atoms with Crippen molar-refractivity contribution < 1.29 is 32.9 Å². The van der Waals surface area contributed by atoms with E-state index < -0.39 is 11.2 Å². The third-order valence-electron chi connectivity index (χ3n) is 12.1. The fraction of sp³-hybridized carbons (Fsp3) is 0.792. The normalized spacial score (nSPS) is 22.7. The second kappa shape index (κ2) is 19.8. The van der Waals surface area contributed by atoms with Crippen LogP contribution in [0.1, 0.15) is 242 Å². The zero-order valence-corrected chi connectivity index (χ0v) is 37.9. The van der Waals surface area contributed by atoms with Crippen molar-refractivity contribution in [3.05, 3.63) is 34.0 Å². The number of hydrogen-bond acceptors (Lipinski definition) is 10. The molecule has 2 heterocycles. The first-order chi connectivity index (χ1) is 27.7. The van der Waals surface area contributed by atoms with Crippen LogP contribution in [-0.4, -0.2) is 39.4 Å². The molecule has 4 aliphatic rings. The van der Waals surface area contributed by atoms with Gasteiger partial charge in [0.1, 0.15) is 22.7 Å². The van der Waals surface area contributed by atoms with Gasteiger partial charge in [-0.3, -0.25) is 14.4 Å². The minimum Gasteiger partial charge on any atom is -0.460 e. The molecule has 0 unspecified atom stereocenters. The molecule has 2 aromatic rings. The molecule has 1 amide bonds. The summed E-state index contributed by atoms with van der Waals surface area (Å²) in [6.45, 7) is 20.3. The van der Waals surface area contributed by atoms with Crippen LogP contribution >= 0.6 is 0 Å². The van der Waals surface area contributed by atoms with Crippen molar-refractivity contribution in [3.63, 3.8) is 0 Å². The van der Waals surface area contributed by atoms with E-state index in [0.29, 0.717) is 42.9 Å². The van der Waals surface area contributed by atoms with E-state index in [-0.39, 0.29) is 48.9 Å². The summed E-state index contributed by atoms with van der Waals surface area (Å²) in [5, 5.41) is 18.0. The van der Waals surface area contributed by atoms with Gasteiger partial charge in [0.05, 0.1) is 30.3 Å².